The number of aryl methyl sites for hydroxylation is 4. The fourth-order valence-electron chi connectivity index (χ4n) is 3.99. The maximum atomic E-state index is 13.6. The van der Waals surface area contributed by atoms with E-state index in [2.05, 4.69) is 10.0 Å². The fraction of sp³-hybridized carbons (Fsp3) is 0.167. The largest absolute Gasteiger partial charge is 0.325 e. The maximum Gasteiger partial charge on any atom is 0.264 e. The summed E-state index contributed by atoms with van der Waals surface area (Å²) in [7, 11) is -8.00. The number of halogens is 1. The molecule has 0 saturated carbocycles. The zero-order valence-electron chi connectivity index (χ0n) is 23.0. The molecule has 1 amide bonds. The van der Waals surface area contributed by atoms with E-state index in [1.807, 2.05) is 32.9 Å². The summed E-state index contributed by atoms with van der Waals surface area (Å²) in [6, 6.07) is 22.2. The van der Waals surface area contributed by atoms with Crippen molar-refractivity contribution in [3.8, 4) is 0 Å². The van der Waals surface area contributed by atoms with Crippen LogP contribution in [-0.4, -0.2) is 29.3 Å². The number of benzene rings is 4. The third-order valence-electron chi connectivity index (χ3n) is 6.43. The number of sulfonamides is 2. The zero-order chi connectivity index (χ0) is 29.9. The number of hydrogen-bond donors (Lipinski definition) is 2. The summed E-state index contributed by atoms with van der Waals surface area (Å²) >= 11 is 6.28. The summed E-state index contributed by atoms with van der Waals surface area (Å²) in [4.78, 5) is 13.1. The van der Waals surface area contributed by atoms with Gasteiger partial charge in [0, 0.05) is 10.7 Å². The summed E-state index contributed by atoms with van der Waals surface area (Å²) in [5.41, 5.74) is 4.36. The lowest BCUT2D eigenvalue weighted by atomic mass is 10.1. The van der Waals surface area contributed by atoms with Crippen LogP contribution in [0.2, 0.25) is 5.02 Å². The molecule has 0 radical (unpaired) electrons. The summed E-state index contributed by atoms with van der Waals surface area (Å²) in [5.74, 6) is -0.624. The summed E-state index contributed by atoms with van der Waals surface area (Å²) in [6.07, 6.45) is 0. The van der Waals surface area contributed by atoms with E-state index < -0.39 is 32.5 Å². The lowest BCUT2D eigenvalue weighted by Gasteiger charge is -2.24. The standard InChI is InChI=1S/C30H30ClN3O5S2/c1-20-6-13-27(14-7-20)41(38,39)34(25-12-9-22(3)28(31)18-25)19-30(35)32-24-10-15-26(16-11-24)40(36,37)33-29-17-21(2)5-8-23(29)4/h5-18,33H,19H2,1-4H3,(H,32,35). The second-order valence-corrected chi connectivity index (χ2v) is 13.7. The van der Waals surface area contributed by atoms with E-state index in [-0.39, 0.29) is 15.5 Å². The zero-order valence-corrected chi connectivity index (χ0v) is 25.4. The highest BCUT2D eigenvalue weighted by Gasteiger charge is 2.28. The predicted molar refractivity (Wildman–Crippen MR) is 164 cm³/mol. The molecule has 0 aliphatic rings. The van der Waals surface area contributed by atoms with E-state index in [1.54, 1.807) is 37.3 Å². The van der Waals surface area contributed by atoms with Gasteiger partial charge >= 0.3 is 0 Å². The molecule has 0 bridgehead atoms. The SMILES string of the molecule is Cc1ccc(S(=O)(=O)N(CC(=O)Nc2ccc(S(=O)(=O)Nc3cc(C)ccc3C)cc2)c2ccc(C)c(Cl)c2)cc1. The van der Waals surface area contributed by atoms with Crippen molar-refractivity contribution in [2.24, 2.45) is 0 Å². The Hall–Kier alpha value is -3.86. The van der Waals surface area contributed by atoms with Crippen LogP contribution in [0.25, 0.3) is 0 Å². The molecule has 4 aromatic rings. The molecule has 0 spiro atoms. The number of carbonyl (C=O) groups is 1. The maximum absolute atomic E-state index is 13.6. The number of carbonyl (C=O) groups excluding carboxylic acids is 1. The Kier molecular flexibility index (Phi) is 8.77. The van der Waals surface area contributed by atoms with Crippen LogP contribution in [-0.2, 0) is 24.8 Å². The Labute approximate surface area is 246 Å². The lowest BCUT2D eigenvalue weighted by molar-refractivity contribution is -0.114. The molecule has 0 heterocycles. The van der Waals surface area contributed by atoms with E-state index in [4.69, 9.17) is 11.6 Å². The third-order valence-corrected chi connectivity index (χ3v) is 10.0. The first kappa shape index (κ1) is 30.1. The van der Waals surface area contributed by atoms with Gasteiger partial charge in [0.1, 0.15) is 6.54 Å². The van der Waals surface area contributed by atoms with Crippen LogP contribution in [0.1, 0.15) is 22.3 Å². The number of nitrogens with zero attached hydrogens (tertiary/aromatic N) is 1. The Morgan fingerprint density at radius 1 is 0.732 bits per heavy atom. The molecule has 2 N–H and O–H groups in total. The molecule has 0 atom stereocenters. The Bertz CT molecular complexity index is 1810. The van der Waals surface area contributed by atoms with Gasteiger partial charge in [-0.25, -0.2) is 16.8 Å². The smallest absolute Gasteiger partial charge is 0.264 e. The van der Waals surface area contributed by atoms with Crippen molar-refractivity contribution in [1.82, 2.24) is 0 Å². The van der Waals surface area contributed by atoms with Gasteiger partial charge in [0.15, 0.2) is 0 Å². The molecule has 4 rings (SSSR count). The van der Waals surface area contributed by atoms with E-state index in [0.29, 0.717) is 16.4 Å². The molecule has 8 nitrogen and oxygen atoms in total. The van der Waals surface area contributed by atoms with Crippen molar-refractivity contribution in [3.63, 3.8) is 0 Å². The van der Waals surface area contributed by atoms with Crippen LogP contribution >= 0.6 is 11.6 Å². The van der Waals surface area contributed by atoms with Gasteiger partial charge in [-0.2, -0.15) is 0 Å². The second kappa shape index (κ2) is 11.9. The number of nitrogens with one attached hydrogen (secondary N) is 2. The van der Waals surface area contributed by atoms with Crippen molar-refractivity contribution in [3.05, 3.63) is 112 Å². The second-order valence-electron chi connectivity index (χ2n) is 9.75. The van der Waals surface area contributed by atoms with E-state index in [9.17, 15) is 21.6 Å². The Morgan fingerprint density at radius 2 is 1.32 bits per heavy atom. The fourth-order valence-corrected chi connectivity index (χ4v) is 6.70. The average molecular weight is 612 g/mol. The summed E-state index contributed by atoms with van der Waals surface area (Å²) in [6.45, 7) is 6.78. The van der Waals surface area contributed by atoms with E-state index in [1.165, 1.54) is 42.5 Å². The predicted octanol–water partition coefficient (Wildman–Crippen LogP) is 6.21. The monoisotopic (exact) mass is 611 g/mol. The number of hydrogen-bond acceptors (Lipinski definition) is 5. The first-order chi connectivity index (χ1) is 19.3. The molecule has 0 unspecified atom stereocenters. The Balaban J connectivity index is 1.55. The normalized spacial score (nSPS) is 11.6. The van der Waals surface area contributed by atoms with Crippen molar-refractivity contribution in [1.29, 1.82) is 0 Å². The number of amides is 1. The number of rotatable bonds is 9. The van der Waals surface area contributed by atoms with Crippen LogP contribution < -0.4 is 14.3 Å². The quantitative estimate of drug-likeness (QED) is 0.234. The molecule has 214 valence electrons. The van der Waals surface area contributed by atoms with Crippen molar-refractivity contribution in [2.45, 2.75) is 37.5 Å². The summed E-state index contributed by atoms with van der Waals surface area (Å²) in [5, 5.41) is 3.01. The average Bonchev–Trinajstić information content (AvgIpc) is 2.91. The van der Waals surface area contributed by atoms with Gasteiger partial charge in [-0.15, -0.1) is 0 Å². The van der Waals surface area contributed by atoms with Crippen molar-refractivity contribution < 1.29 is 21.6 Å². The molecule has 41 heavy (non-hydrogen) atoms. The molecule has 0 saturated heterocycles. The van der Waals surface area contributed by atoms with E-state index >= 15 is 0 Å². The highest BCUT2D eigenvalue weighted by atomic mass is 35.5. The summed E-state index contributed by atoms with van der Waals surface area (Å²) < 4.78 is 56.7. The van der Waals surface area contributed by atoms with Crippen LogP contribution in [0.4, 0.5) is 17.1 Å². The van der Waals surface area contributed by atoms with Crippen LogP contribution in [0.3, 0.4) is 0 Å². The highest BCUT2D eigenvalue weighted by Crippen LogP contribution is 2.28. The van der Waals surface area contributed by atoms with Gasteiger partial charge in [-0.3, -0.25) is 13.8 Å². The minimum atomic E-state index is -4.12. The molecular formula is C30H30ClN3O5S2. The first-order valence-corrected chi connectivity index (χ1v) is 15.9. The Morgan fingerprint density at radius 3 is 1.95 bits per heavy atom. The highest BCUT2D eigenvalue weighted by molar-refractivity contribution is 7.93. The van der Waals surface area contributed by atoms with Gasteiger partial charge < -0.3 is 5.32 Å². The lowest BCUT2D eigenvalue weighted by Crippen LogP contribution is -2.38. The van der Waals surface area contributed by atoms with Gasteiger partial charge in [0.05, 0.1) is 21.2 Å². The van der Waals surface area contributed by atoms with Crippen LogP contribution in [0, 0.1) is 27.7 Å². The first-order valence-electron chi connectivity index (χ1n) is 12.6. The van der Waals surface area contributed by atoms with Gasteiger partial charge in [0.2, 0.25) is 5.91 Å². The molecule has 0 fully saturated rings. The van der Waals surface area contributed by atoms with Crippen molar-refractivity contribution in [2.75, 3.05) is 20.9 Å². The molecular weight excluding hydrogens is 582 g/mol. The molecule has 11 heteroatoms. The molecule has 0 aromatic heterocycles. The van der Waals surface area contributed by atoms with Gasteiger partial charge in [-0.1, -0.05) is 47.5 Å². The number of anilines is 3. The van der Waals surface area contributed by atoms with Gasteiger partial charge in [0.25, 0.3) is 20.0 Å². The third kappa shape index (κ3) is 7.08. The van der Waals surface area contributed by atoms with Crippen LogP contribution in [0.15, 0.2) is 94.7 Å². The van der Waals surface area contributed by atoms with Crippen LogP contribution in [0.5, 0.6) is 0 Å². The molecule has 0 aliphatic carbocycles. The van der Waals surface area contributed by atoms with Crippen molar-refractivity contribution >= 4 is 54.6 Å². The van der Waals surface area contributed by atoms with Gasteiger partial charge in [-0.05, 0) is 99.0 Å². The van der Waals surface area contributed by atoms with E-state index in [0.717, 1.165) is 26.6 Å². The minimum Gasteiger partial charge on any atom is -0.325 e. The molecule has 0 aliphatic heterocycles. The molecule has 4 aromatic carbocycles. The topological polar surface area (TPSA) is 113 Å². The minimum absolute atomic E-state index is 0.00859.